The summed E-state index contributed by atoms with van der Waals surface area (Å²) in [6, 6.07) is 3.67. The van der Waals surface area contributed by atoms with Crippen molar-refractivity contribution in [3.05, 3.63) is 33.9 Å². The Balaban J connectivity index is 3.09. The lowest BCUT2D eigenvalue weighted by molar-refractivity contribution is -0.384. The number of amides is 1. The van der Waals surface area contributed by atoms with Crippen molar-refractivity contribution in [2.45, 2.75) is 45.4 Å². The van der Waals surface area contributed by atoms with Crippen molar-refractivity contribution in [3.8, 4) is 6.07 Å². The summed E-state index contributed by atoms with van der Waals surface area (Å²) in [5, 5.41) is 25.4. The van der Waals surface area contributed by atoms with Crippen molar-refractivity contribution in [2.24, 2.45) is 0 Å². The largest absolute Gasteiger partial charge is 0.467 e. The lowest BCUT2D eigenvalue weighted by Gasteiger charge is -2.26. The van der Waals surface area contributed by atoms with Gasteiger partial charge in [0, 0.05) is 6.07 Å². The Kier molecular flexibility index (Phi) is 7.10. The molecule has 0 heterocycles. The van der Waals surface area contributed by atoms with Crippen LogP contribution in [0.15, 0.2) is 18.2 Å². The zero-order valence-corrected chi connectivity index (χ0v) is 15.7. The number of hydrogen-bond donors (Lipinski definition) is 2. The van der Waals surface area contributed by atoms with Gasteiger partial charge < -0.3 is 20.1 Å². The van der Waals surface area contributed by atoms with Gasteiger partial charge in [0.05, 0.1) is 29.7 Å². The SMILES string of the molecule is COC(=O)[C@@H](NC(=O)OC(C)(C)C)[C@H](C)Nc1cc(C#N)ccc1[N+](=O)[O-]. The summed E-state index contributed by atoms with van der Waals surface area (Å²) in [5.41, 5.74) is -0.820. The Hall–Kier alpha value is -3.35. The van der Waals surface area contributed by atoms with Gasteiger partial charge in [0.1, 0.15) is 17.3 Å². The number of ether oxygens (including phenoxy) is 2. The number of anilines is 1. The van der Waals surface area contributed by atoms with E-state index in [4.69, 9.17) is 10.00 Å². The molecule has 0 unspecified atom stereocenters. The highest BCUT2D eigenvalue weighted by atomic mass is 16.6. The maximum atomic E-state index is 12.1. The first-order valence-corrected chi connectivity index (χ1v) is 8.01. The Morgan fingerprint density at radius 2 is 1.96 bits per heavy atom. The molecule has 0 radical (unpaired) electrons. The second kappa shape index (κ2) is 8.84. The van der Waals surface area contributed by atoms with Gasteiger partial charge in [0.2, 0.25) is 0 Å². The molecule has 0 aliphatic rings. The number of nitro benzene ring substituents is 1. The standard InChI is InChI=1S/C17H22N4O6/c1-10(14(15(22)26-5)20-16(23)27-17(2,3)4)19-12-8-11(9-18)6-7-13(12)21(24)25/h6-8,10,14,19H,1-5H3,(H,20,23)/t10-,14-/m0/s1. The molecule has 2 N–H and O–H groups in total. The van der Waals surface area contributed by atoms with E-state index in [1.165, 1.54) is 25.1 Å². The van der Waals surface area contributed by atoms with Gasteiger partial charge in [0.15, 0.2) is 0 Å². The van der Waals surface area contributed by atoms with Crippen LogP contribution < -0.4 is 10.6 Å². The van der Waals surface area contributed by atoms with Crippen LogP contribution in [0.3, 0.4) is 0 Å². The Morgan fingerprint density at radius 3 is 2.44 bits per heavy atom. The molecule has 1 rings (SSSR count). The predicted octanol–water partition coefficient (Wildman–Crippen LogP) is 2.33. The van der Waals surface area contributed by atoms with Crippen LogP contribution in [0.4, 0.5) is 16.2 Å². The molecule has 146 valence electrons. The minimum Gasteiger partial charge on any atom is -0.467 e. The number of benzene rings is 1. The number of nitrogens with one attached hydrogen (secondary N) is 2. The van der Waals surface area contributed by atoms with Crippen LogP contribution >= 0.6 is 0 Å². The minimum atomic E-state index is -1.19. The summed E-state index contributed by atoms with van der Waals surface area (Å²) in [7, 11) is 1.15. The van der Waals surface area contributed by atoms with Crippen LogP contribution in [0, 0.1) is 21.4 Å². The third-order valence-corrected chi connectivity index (χ3v) is 3.33. The number of carbonyl (C=O) groups excluding carboxylic acids is 2. The molecular weight excluding hydrogens is 356 g/mol. The number of esters is 1. The maximum Gasteiger partial charge on any atom is 0.408 e. The maximum absolute atomic E-state index is 12.1. The Labute approximate surface area is 156 Å². The number of nitro groups is 1. The molecule has 0 aliphatic carbocycles. The number of alkyl carbamates (subject to hydrolysis) is 1. The van der Waals surface area contributed by atoms with E-state index >= 15 is 0 Å². The van der Waals surface area contributed by atoms with Gasteiger partial charge >= 0.3 is 12.1 Å². The number of nitriles is 1. The summed E-state index contributed by atoms with van der Waals surface area (Å²) in [6.07, 6.45) is -0.841. The molecule has 1 amide bonds. The van der Waals surface area contributed by atoms with Crippen molar-refractivity contribution in [3.63, 3.8) is 0 Å². The number of hydrogen-bond acceptors (Lipinski definition) is 8. The normalized spacial score (nSPS) is 12.9. The summed E-state index contributed by atoms with van der Waals surface area (Å²) in [5.74, 6) is -0.764. The number of methoxy groups -OCH3 is 1. The van der Waals surface area contributed by atoms with E-state index in [0.29, 0.717) is 0 Å². The number of carbonyl (C=O) groups is 2. The Morgan fingerprint density at radius 1 is 1.33 bits per heavy atom. The van der Waals surface area contributed by atoms with Crippen molar-refractivity contribution in [1.82, 2.24) is 5.32 Å². The summed E-state index contributed by atoms with van der Waals surface area (Å²) in [6.45, 7) is 6.52. The van der Waals surface area contributed by atoms with Crippen LogP contribution in [0.25, 0.3) is 0 Å². The van der Waals surface area contributed by atoms with E-state index < -0.39 is 34.7 Å². The van der Waals surface area contributed by atoms with Gasteiger partial charge in [-0.3, -0.25) is 10.1 Å². The van der Waals surface area contributed by atoms with Crippen molar-refractivity contribution < 1.29 is 24.0 Å². The smallest absolute Gasteiger partial charge is 0.408 e. The fourth-order valence-electron chi connectivity index (χ4n) is 2.16. The monoisotopic (exact) mass is 378 g/mol. The minimum absolute atomic E-state index is 0.0337. The number of nitrogens with zero attached hydrogens (tertiary/aromatic N) is 2. The highest BCUT2D eigenvalue weighted by Gasteiger charge is 2.31. The molecule has 1 aromatic rings. The first-order chi connectivity index (χ1) is 12.5. The lowest BCUT2D eigenvalue weighted by Crippen LogP contribution is -2.52. The molecule has 10 nitrogen and oxygen atoms in total. The van der Waals surface area contributed by atoms with E-state index in [-0.39, 0.29) is 16.9 Å². The Bertz CT molecular complexity index is 766. The van der Waals surface area contributed by atoms with E-state index in [1.807, 2.05) is 6.07 Å². The molecule has 10 heteroatoms. The van der Waals surface area contributed by atoms with E-state index in [1.54, 1.807) is 20.8 Å². The molecule has 2 atom stereocenters. The summed E-state index contributed by atoms with van der Waals surface area (Å²) >= 11 is 0. The van der Waals surface area contributed by atoms with Crippen molar-refractivity contribution in [2.75, 3.05) is 12.4 Å². The van der Waals surface area contributed by atoms with E-state index in [0.717, 1.165) is 7.11 Å². The summed E-state index contributed by atoms with van der Waals surface area (Å²) in [4.78, 5) is 34.6. The fraction of sp³-hybridized carbons (Fsp3) is 0.471. The van der Waals surface area contributed by atoms with Crippen LogP contribution in [0.5, 0.6) is 0 Å². The third kappa shape index (κ3) is 6.47. The second-order valence-corrected chi connectivity index (χ2v) is 6.68. The van der Waals surface area contributed by atoms with Crippen molar-refractivity contribution >= 4 is 23.4 Å². The predicted molar refractivity (Wildman–Crippen MR) is 96.1 cm³/mol. The first kappa shape index (κ1) is 21.7. The molecule has 27 heavy (non-hydrogen) atoms. The zero-order valence-electron chi connectivity index (χ0n) is 15.7. The first-order valence-electron chi connectivity index (χ1n) is 8.01. The molecular formula is C17H22N4O6. The van der Waals surface area contributed by atoms with Gasteiger partial charge in [0.25, 0.3) is 5.69 Å². The highest BCUT2D eigenvalue weighted by Crippen LogP contribution is 2.26. The molecule has 1 aromatic carbocycles. The average molecular weight is 378 g/mol. The molecule has 0 bridgehead atoms. The molecule has 0 aliphatic heterocycles. The van der Waals surface area contributed by atoms with Crippen LogP contribution in [-0.4, -0.2) is 41.8 Å². The quantitative estimate of drug-likeness (QED) is 0.436. The molecule has 0 saturated heterocycles. The number of rotatable bonds is 6. The lowest BCUT2D eigenvalue weighted by atomic mass is 10.1. The van der Waals surface area contributed by atoms with Crippen LogP contribution in [0.1, 0.15) is 33.3 Å². The third-order valence-electron chi connectivity index (χ3n) is 3.33. The van der Waals surface area contributed by atoms with E-state index in [2.05, 4.69) is 15.4 Å². The van der Waals surface area contributed by atoms with Crippen LogP contribution in [0.2, 0.25) is 0 Å². The van der Waals surface area contributed by atoms with Gasteiger partial charge in [-0.2, -0.15) is 5.26 Å². The van der Waals surface area contributed by atoms with Gasteiger partial charge in [-0.25, -0.2) is 9.59 Å². The van der Waals surface area contributed by atoms with E-state index in [9.17, 15) is 19.7 Å². The fourth-order valence-corrected chi connectivity index (χ4v) is 2.16. The second-order valence-electron chi connectivity index (χ2n) is 6.68. The van der Waals surface area contributed by atoms with Gasteiger partial charge in [-0.15, -0.1) is 0 Å². The average Bonchev–Trinajstić information content (AvgIpc) is 2.56. The molecule has 0 saturated carbocycles. The summed E-state index contributed by atoms with van der Waals surface area (Å²) < 4.78 is 9.81. The van der Waals surface area contributed by atoms with Crippen molar-refractivity contribution in [1.29, 1.82) is 5.26 Å². The zero-order chi connectivity index (χ0) is 20.8. The molecule has 0 aromatic heterocycles. The van der Waals surface area contributed by atoms with Gasteiger partial charge in [-0.1, -0.05) is 0 Å². The topological polar surface area (TPSA) is 144 Å². The highest BCUT2D eigenvalue weighted by molar-refractivity contribution is 5.83. The van der Waals surface area contributed by atoms with Crippen LogP contribution in [-0.2, 0) is 14.3 Å². The molecule has 0 fully saturated rings. The van der Waals surface area contributed by atoms with Gasteiger partial charge in [-0.05, 0) is 39.8 Å². The molecule has 0 spiro atoms.